The van der Waals surface area contributed by atoms with Crippen LogP contribution in [0.3, 0.4) is 0 Å². The number of halogens is 1. The van der Waals surface area contributed by atoms with Gasteiger partial charge in [0.15, 0.2) is 6.10 Å². The summed E-state index contributed by atoms with van der Waals surface area (Å²) in [5.74, 6) is -0.833. The third-order valence-electron chi connectivity index (χ3n) is 3.35. The van der Waals surface area contributed by atoms with E-state index in [9.17, 15) is 9.59 Å². The predicted octanol–water partition coefficient (Wildman–Crippen LogP) is 3.75. The topological polar surface area (TPSA) is 78.6 Å². The van der Waals surface area contributed by atoms with Crippen LogP contribution in [0.15, 0.2) is 45.4 Å². The largest absolute Gasteiger partial charge is 0.466 e. The zero-order valence-corrected chi connectivity index (χ0v) is 15.0. The van der Waals surface area contributed by atoms with Crippen molar-refractivity contribution in [3.63, 3.8) is 0 Å². The Labute approximate surface area is 147 Å². The van der Waals surface area contributed by atoms with Gasteiger partial charge in [-0.05, 0) is 13.0 Å². The minimum absolute atomic E-state index is 0.0210. The fourth-order valence-electron chi connectivity index (χ4n) is 2.24. The molecule has 0 aliphatic carbocycles. The minimum atomic E-state index is -1.05. The fraction of sp³-hybridized carbons (Fsp3) is 0.235. The van der Waals surface area contributed by atoms with Gasteiger partial charge in [0.1, 0.15) is 11.5 Å². The maximum atomic E-state index is 11.9. The molecule has 6 nitrogen and oxygen atoms in total. The first-order valence-electron chi connectivity index (χ1n) is 7.02. The summed E-state index contributed by atoms with van der Waals surface area (Å²) in [4.78, 5) is 23.4. The van der Waals surface area contributed by atoms with Gasteiger partial charge in [0.05, 0.1) is 18.2 Å². The van der Waals surface area contributed by atoms with Gasteiger partial charge in [0.2, 0.25) is 0 Å². The van der Waals surface area contributed by atoms with Gasteiger partial charge in [-0.15, -0.1) is 0 Å². The molecule has 1 unspecified atom stereocenters. The van der Waals surface area contributed by atoms with Crippen molar-refractivity contribution in [2.45, 2.75) is 20.0 Å². The number of methoxy groups -OCH3 is 1. The van der Waals surface area contributed by atoms with Crippen molar-refractivity contribution < 1.29 is 23.6 Å². The Morgan fingerprint density at radius 2 is 2.00 bits per heavy atom. The summed E-state index contributed by atoms with van der Waals surface area (Å²) < 4.78 is 16.1. The van der Waals surface area contributed by atoms with E-state index in [1.165, 1.54) is 14.0 Å². The number of nitrogens with zero attached hydrogens (tertiary/aromatic N) is 1. The summed E-state index contributed by atoms with van der Waals surface area (Å²) in [6.45, 7) is 6.62. The van der Waals surface area contributed by atoms with Crippen LogP contribution in [0.25, 0.3) is 11.3 Å². The van der Waals surface area contributed by atoms with Crippen molar-refractivity contribution in [3.8, 4) is 11.3 Å². The van der Waals surface area contributed by atoms with Crippen LogP contribution in [0.1, 0.15) is 24.4 Å². The molecule has 1 atom stereocenters. The molecule has 126 valence electrons. The van der Waals surface area contributed by atoms with Crippen LogP contribution in [0.2, 0.25) is 0 Å². The van der Waals surface area contributed by atoms with Gasteiger partial charge < -0.3 is 14.0 Å². The zero-order valence-electron chi connectivity index (χ0n) is 13.5. The maximum absolute atomic E-state index is 11.9. The van der Waals surface area contributed by atoms with E-state index in [4.69, 9.17) is 14.0 Å². The molecule has 7 heteroatoms. The highest BCUT2D eigenvalue weighted by Gasteiger charge is 2.32. The van der Waals surface area contributed by atoms with Crippen molar-refractivity contribution >= 4 is 27.9 Å². The number of aromatic nitrogens is 1. The molecule has 0 saturated heterocycles. The summed E-state index contributed by atoms with van der Waals surface area (Å²) >= 11 is 3.45. The number of carbonyl (C=O) groups excluding carboxylic acids is 2. The minimum Gasteiger partial charge on any atom is -0.466 e. The Balaban J connectivity index is 2.61. The van der Waals surface area contributed by atoms with Crippen molar-refractivity contribution in [1.82, 2.24) is 5.16 Å². The number of benzene rings is 1. The number of aryl methyl sites for hydroxylation is 1. The molecule has 0 saturated carbocycles. The Morgan fingerprint density at radius 1 is 1.33 bits per heavy atom. The first-order valence-corrected chi connectivity index (χ1v) is 7.81. The molecule has 0 aliphatic heterocycles. The van der Waals surface area contributed by atoms with Gasteiger partial charge in [-0.25, -0.2) is 4.79 Å². The first-order chi connectivity index (χ1) is 11.4. The van der Waals surface area contributed by atoms with Crippen molar-refractivity contribution in [2.24, 2.45) is 0 Å². The van der Waals surface area contributed by atoms with E-state index in [0.29, 0.717) is 17.0 Å². The first kappa shape index (κ1) is 17.9. The van der Waals surface area contributed by atoms with Crippen molar-refractivity contribution in [2.75, 3.05) is 7.11 Å². The maximum Gasteiger partial charge on any atom is 0.337 e. The van der Waals surface area contributed by atoms with Crippen molar-refractivity contribution in [1.29, 1.82) is 0 Å². The number of carbonyl (C=O) groups is 2. The van der Waals surface area contributed by atoms with Gasteiger partial charge in [-0.3, -0.25) is 4.79 Å². The Kier molecular flexibility index (Phi) is 5.56. The van der Waals surface area contributed by atoms with Gasteiger partial charge in [0, 0.05) is 17.0 Å². The van der Waals surface area contributed by atoms with Crippen LogP contribution < -0.4 is 0 Å². The van der Waals surface area contributed by atoms with E-state index in [1.54, 1.807) is 6.92 Å². The molecule has 1 heterocycles. The molecule has 0 bridgehead atoms. The molecule has 0 fully saturated rings. The quantitative estimate of drug-likeness (QED) is 0.568. The molecule has 1 aromatic heterocycles. The number of esters is 2. The van der Waals surface area contributed by atoms with E-state index < -0.39 is 18.0 Å². The molecule has 0 aliphatic rings. The van der Waals surface area contributed by atoms with E-state index in [0.717, 1.165) is 10.0 Å². The van der Waals surface area contributed by atoms with Crippen LogP contribution in [-0.4, -0.2) is 24.2 Å². The Bertz CT molecular complexity index is 796. The SMILES string of the molecule is C=C(C(=O)OC)C(OC(C)=O)c1c(-c2ccccc2Br)noc1C. The summed E-state index contributed by atoms with van der Waals surface area (Å²) in [5, 5.41) is 4.05. The van der Waals surface area contributed by atoms with Gasteiger partial charge >= 0.3 is 11.9 Å². The lowest BCUT2D eigenvalue weighted by molar-refractivity contribution is -0.147. The van der Waals surface area contributed by atoms with E-state index in [-0.39, 0.29) is 5.57 Å². The molecule has 2 rings (SSSR count). The molecule has 0 amide bonds. The lowest BCUT2D eigenvalue weighted by Crippen LogP contribution is -2.18. The molecule has 24 heavy (non-hydrogen) atoms. The monoisotopic (exact) mass is 393 g/mol. The average molecular weight is 394 g/mol. The Morgan fingerprint density at radius 3 is 2.58 bits per heavy atom. The second kappa shape index (κ2) is 7.44. The predicted molar refractivity (Wildman–Crippen MR) is 90.0 cm³/mol. The van der Waals surface area contributed by atoms with Gasteiger partial charge in [-0.1, -0.05) is 45.9 Å². The molecule has 0 radical (unpaired) electrons. The van der Waals surface area contributed by atoms with E-state index >= 15 is 0 Å². The third kappa shape index (κ3) is 3.56. The summed E-state index contributed by atoms with van der Waals surface area (Å²) in [6.07, 6.45) is -1.05. The number of rotatable bonds is 5. The summed E-state index contributed by atoms with van der Waals surface area (Å²) in [5.41, 5.74) is 1.62. The molecular weight excluding hydrogens is 378 g/mol. The molecule has 2 aromatic rings. The number of hydrogen-bond donors (Lipinski definition) is 0. The molecule has 0 N–H and O–H groups in total. The van der Waals surface area contributed by atoms with Gasteiger partial charge in [0.25, 0.3) is 0 Å². The number of ether oxygens (including phenoxy) is 2. The lowest BCUT2D eigenvalue weighted by atomic mass is 9.97. The Hall–Kier alpha value is -2.41. The van der Waals surface area contributed by atoms with Crippen LogP contribution in [0.5, 0.6) is 0 Å². The van der Waals surface area contributed by atoms with Crippen molar-refractivity contribution in [3.05, 3.63) is 52.2 Å². The fourth-order valence-corrected chi connectivity index (χ4v) is 2.72. The van der Waals surface area contributed by atoms with E-state index in [1.807, 2.05) is 24.3 Å². The van der Waals surface area contributed by atoms with Crippen LogP contribution in [0.4, 0.5) is 0 Å². The van der Waals surface area contributed by atoms with Gasteiger partial charge in [-0.2, -0.15) is 0 Å². The molecular formula is C17H16BrNO5. The second-order valence-electron chi connectivity index (χ2n) is 4.99. The second-order valence-corrected chi connectivity index (χ2v) is 5.84. The van der Waals surface area contributed by atoms with Crippen LogP contribution in [-0.2, 0) is 19.1 Å². The van der Waals surface area contributed by atoms with Crippen LogP contribution >= 0.6 is 15.9 Å². The normalized spacial score (nSPS) is 11.7. The van der Waals surface area contributed by atoms with E-state index in [2.05, 4.69) is 27.7 Å². The zero-order chi connectivity index (χ0) is 17.9. The highest BCUT2D eigenvalue weighted by molar-refractivity contribution is 9.10. The summed E-state index contributed by atoms with van der Waals surface area (Å²) in [6, 6.07) is 7.37. The standard InChI is InChI=1S/C17H16BrNO5/c1-9(17(21)22-4)16(23-11(3)20)14-10(2)24-19-15(14)12-7-5-6-8-13(12)18/h5-8,16H,1H2,2-4H3. The highest BCUT2D eigenvalue weighted by atomic mass is 79.9. The number of hydrogen-bond acceptors (Lipinski definition) is 6. The molecule has 0 spiro atoms. The van der Waals surface area contributed by atoms with Crippen LogP contribution in [0, 0.1) is 6.92 Å². The highest BCUT2D eigenvalue weighted by Crippen LogP contribution is 2.38. The molecule has 1 aromatic carbocycles. The third-order valence-corrected chi connectivity index (χ3v) is 4.04. The average Bonchev–Trinajstić information content (AvgIpc) is 2.92. The summed E-state index contributed by atoms with van der Waals surface area (Å²) in [7, 11) is 1.23. The smallest absolute Gasteiger partial charge is 0.337 e. The lowest BCUT2D eigenvalue weighted by Gasteiger charge is -2.18.